The van der Waals surface area contributed by atoms with Crippen LogP contribution in [-0.2, 0) is 6.54 Å². The lowest BCUT2D eigenvalue weighted by atomic mass is 10.1. The molecule has 1 heterocycles. The Bertz CT molecular complexity index is 770. The second-order valence-corrected chi connectivity index (χ2v) is 7.23. The molecule has 1 fully saturated rings. The summed E-state index contributed by atoms with van der Waals surface area (Å²) < 4.78 is 5.31. The number of benzene rings is 2. The molecule has 0 spiro atoms. The van der Waals surface area contributed by atoms with Crippen molar-refractivity contribution in [2.24, 2.45) is 0 Å². The molecular weight excluding hydrogens is 342 g/mol. The molecule has 26 heavy (non-hydrogen) atoms. The maximum atomic E-state index is 5.61. The fourth-order valence-corrected chi connectivity index (χ4v) is 3.46. The molecule has 0 unspecified atom stereocenters. The summed E-state index contributed by atoms with van der Waals surface area (Å²) >= 11 is 5.61. The van der Waals surface area contributed by atoms with E-state index in [9.17, 15) is 0 Å². The minimum Gasteiger partial charge on any atom is -0.497 e. The lowest BCUT2D eigenvalue weighted by molar-refractivity contribution is 0.177. The summed E-state index contributed by atoms with van der Waals surface area (Å²) in [5.41, 5.74) is 4.93. The van der Waals surface area contributed by atoms with Crippen LogP contribution >= 0.6 is 12.2 Å². The molecule has 1 saturated heterocycles. The van der Waals surface area contributed by atoms with E-state index in [0.29, 0.717) is 0 Å². The van der Waals surface area contributed by atoms with Crippen LogP contribution in [0.15, 0.2) is 42.5 Å². The Morgan fingerprint density at radius 3 is 2.50 bits per heavy atom. The van der Waals surface area contributed by atoms with Gasteiger partial charge in [-0.25, -0.2) is 0 Å². The lowest BCUT2D eigenvalue weighted by Crippen LogP contribution is -2.49. The molecular formula is C21H27N3OS. The van der Waals surface area contributed by atoms with Crippen molar-refractivity contribution < 1.29 is 4.74 Å². The van der Waals surface area contributed by atoms with Gasteiger partial charge in [-0.15, -0.1) is 0 Å². The van der Waals surface area contributed by atoms with Gasteiger partial charge in [0.1, 0.15) is 5.75 Å². The average Bonchev–Trinajstić information content (AvgIpc) is 2.65. The number of aryl methyl sites for hydroxylation is 2. The molecule has 0 bridgehead atoms. The fraction of sp³-hybridized carbons (Fsp3) is 0.381. The van der Waals surface area contributed by atoms with E-state index in [2.05, 4.69) is 59.3 Å². The third-order valence-electron chi connectivity index (χ3n) is 4.96. The molecule has 0 atom stereocenters. The zero-order chi connectivity index (χ0) is 18.5. The molecule has 0 saturated carbocycles. The predicted octanol–water partition coefficient (Wildman–Crippen LogP) is 3.83. The zero-order valence-corrected chi connectivity index (χ0v) is 16.6. The number of piperazine rings is 1. The van der Waals surface area contributed by atoms with Gasteiger partial charge in [0.15, 0.2) is 5.11 Å². The van der Waals surface area contributed by atoms with E-state index in [0.717, 1.165) is 49.3 Å². The van der Waals surface area contributed by atoms with Crippen molar-refractivity contribution in [2.75, 3.05) is 38.6 Å². The summed E-state index contributed by atoms with van der Waals surface area (Å²) in [5.74, 6) is 0.917. The minimum absolute atomic E-state index is 0.814. The van der Waals surface area contributed by atoms with Crippen LogP contribution in [0.25, 0.3) is 0 Å². The van der Waals surface area contributed by atoms with Crippen LogP contribution in [0, 0.1) is 13.8 Å². The number of hydrogen-bond acceptors (Lipinski definition) is 3. The maximum Gasteiger partial charge on any atom is 0.173 e. The SMILES string of the molecule is COc1cccc(CN2CCN(C(=S)Nc3ccc(C)c(C)c3)CC2)c1. The molecule has 4 nitrogen and oxygen atoms in total. The van der Waals surface area contributed by atoms with Crippen LogP contribution in [0.3, 0.4) is 0 Å². The Kier molecular flexibility index (Phi) is 6.12. The van der Waals surface area contributed by atoms with Gasteiger partial charge >= 0.3 is 0 Å². The maximum absolute atomic E-state index is 5.61. The molecule has 2 aromatic rings. The van der Waals surface area contributed by atoms with Gasteiger partial charge in [-0.1, -0.05) is 18.2 Å². The number of hydrogen-bond donors (Lipinski definition) is 1. The number of nitrogens with one attached hydrogen (secondary N) is 1. The number of methoxy groups -OCH3 is 1. The molecule has 0 amide bonds. The Morgan fingerprint density at radius 1 is 1.04 bits per heavy atom. The third kappa shape index (κ3) is 4.74. The summed E-state index contributed by atoms with van der Waals surface area (Å²) in [6, 6.07) is 14.7. The minimum atomic E-state index is 0.814. The van der Waals surface area contributed by atoms with E-state index < -0.39 is 0 Å². The smallest absolute Gasteiger partial charge is 0.173 e. The highest BCUT2D eigenvalue weighted by molar-refractivity contribution is 7.80. The predicted molar refractivity (Wildman–Crippen MR) is 112 cm³/mol. The van der Waals surface area contributed by atoms with Gasteiger partial charge in [0.05, 0.1) is 7.11 Å². The van der Waals surface area contributed by atoms with Crippen LogP contribution < -0.4 is 10.1 Å². The van der Waals surface area contributed by atoms with E-state index in [1.54, 1.807) is 7.11 Å². The second-order valence-electron chi connectivity index (χ2n) is 6.84. The summed E-state index contributed by atoms with van der Waals surface area (Å²) in [4.78, 5) is 4.72. The number of ether oxygens (including phenoxy) is 1. The molecule has 0 aromatic heterocycles. The monoisotopic (exact) mass is 369 g/mol. The van der Waals surface area contributed by atoms with Crippen molar-refractivity contribution in [2.45, 2.75) is 20.4 Å². The van der Waals surface area contributed by atoms with Gasteiger partial charge in [0.2, 0.25) is 0 Å². The summed E-state index contributed by atoms with van der Waals surface area (Å²) in [5, 5.41) is 4.20. The highest BCUT2D eigenvalue weighted by Gasteiger charge is 2.19. The Labute approximate surface area is 161 Å². The van der Waals surface area contributed by atoms with Crippen molar-refractivity contribution in [3.63, 3.8) is 0 Å². The van der Waals surface area contributed by atoms with Crippen molar-refractivity contribution in [1.82, 2.24) is 9.80 Å². The molecule has 138 valence electrons. The largest absolute Gasteiger partial charge is 0.497 e. The van der Waals surface area contributed by atoms with Crippen LogP contribution in [0.1, 0.15) is 16.7 Å². The molecule has 3 rings (SSSR count). The van der Waals surface area contributed by atoms with E-state index >= 15 is 0 Å². The number of anilines is 1. The normalized spacial score (nSPS) is 15.0. The Balaban J connectivity index is 1.51. The van der Waals surface area contributed by atoms with Gasteiger partial charge in [-0.05, 0) is 67.0 Å². The van der Waals surface area contributed by atoms with Crippen molar-refractivity contribution in [3.8, 4) is 5.75 Å². The molecule has 1 N–H and O–H groups in total. The van der Waals surface area contributed by atoms with E-state index in [4.69, 9.17) is 17.0 Å². The highest BCUT2D eigenvalue weighted by Crippen LogP contribution is 2.17. The topological polar surface area (TPSA) is 27.7 Å². The molecule has 0 aliphatic carbocycles. The standard InChI is InChI=1S/C21H27N3OS/c1-16-7-8-19(13-17(16)2)22-21(26)24-11-9-23(10-12-24)15-18-5-4-6-20(14-18)25-3/h4-8,13-14H,9-12,15H2,1-3H3,(H,22,26). The van der Waals surface area contributed by atoms with E-state index in [1.807, 2.05) is 12.1 Å². The quantitative estimate of drug-likeness (QED) is 0.827. The molecule has 1 aliphatic rings. The number of rotatable bonds is 4. The number of nitrogens with zero attached hydrogens (tertiary/aromatic N) is 2. The van der Waals surface area contributed by atoms with Crippen LogP contribution in [-0.4, -0.2) is 48.2 Å². The first-order valence-electron chi connectivity index (χ1n) is 9.03. The van der Waals surface area contributed by atoms with Crippen LogP contribution in [0.2, 0.25) is 0 Å². The van der Waals surface area contributed by atoms with E-state index in [1.165, 1.54) is 16.7 Å². The van der Waals surface area contributed by atoms with Gasteiger partial charge in [0, 0.05) is 38.4 Å². The highest BCUT2D eigenvalue weighted by atomic mass is 32.1. The van der Waals surface area contributed by atoms with Crippen LogP contribution in [0.4, 0.5) is 5.69 Å². The average molecular weight is 370 g/mol. The first kappa shape index (κ1) is 18.7. The Hall–Kier alpha value is -2.11. The van der Waals surface area contributed by atoms with Gasteiger partial charge in [-0.3, -0.25) is 4.90 Å². The van der Waals surface area contributed by atoms with Crippen molar-refractivity contribution >= 4 is 23.0 Å². The Morgan fingerprint density at radius 2 is 1.81 bits per heavy atom. The van der Waals surface area contributed by atoms with Crippen molar-refractivity contribution in [1.29, 1.82) is 0 Å². The summed E-state index contributed by atoms with van der Waals surface area (Å²) in [6.45, 7) is 9.10. The van der Waals surface area contributed by atoms with E-state index in [-0.39, 0.29) is 0 Å². The molecule has 5 heteroatoms. The molecule has 1 aliphatic heterocycles. The molecule has 0 radical (unpaired) electrons. The summed E-state index contributed by atoms with van der Waals surface area (Å²) in [6.07, 6.45) is 0. The lowest BCUT2D eigenvalue weighted by Gasteiger charge is -2.36. The van der Waals surface area contributed by atoms with Gasteiger partial charge in [-0.2, -0.15) is 0 Å². The van der Waals surface area contributed by atoms with Crippen LogP contribution in [0.5, 0.6) is 5.75 Å². The zero-order valence-electron chi connectivity index (χ0n) is 15.8. The summed E-state index contributed by atoms with van der Waals surface area (Å²) in [7, 11) is 1.71. The third-order valence-corrected chi connectivity index (χ3v) is 5.32. The first-order valence-corrected chi connectivity index (χ1v) is 9.44. The fourth-order valence-electron chi connectivity index (χ4n) is 3.16. The second kappa shape index (κ2) is 8.52. The first-order chi connectivity index (χ1) is 12.5. The van der Waals surface area contributed by atoms with Gasteiger partial charge in [0.25, 0.3) is 0 Å². The van der Waals surface area contributed by atoms with Gasteiger partial charge < -0.3 is 15.0 Å². The van der Waals surface area contributed by atoms with Crippen molar-refractivity contribution in [3.05, 3.63) is 59.2 Å². The number of thiocarbonyl (C=S) groups is 1. The molecule has 2 aromatic carbocycles.